The molecule has 1 aliphatic heterocycles. The van der Waals surface area contributed by atoms with E-state index in [9.17, 15) is 9.18 Å². The van der Waals surface area contributed by atoms with E-state index >= 15 is 0 Å². The molecule has 1 fully saturated rings. The van der Waals surface area contributed by atoms with Crippen LogP contribution in [0.25, 0.3) is 11.3 Å². The Balaban J connectivity index is 1.38. The summed E-state index contributed by atoms with van der Waals surface area (Å²) in [5.74, 6) is 0.827. The van der Waals surface area contributed by atoms with Crippen molar-refractivity contribution in [2.75, 3.05) is 13.1 Å². The van der Waals surface area contributed by atoms with Gasteiger partial charge in [-0.05, 0) is 56.7 Å². The summed E-state index contributed by atoms with van der Waals surface area (Å²) in [4.78, 5) is 25.5. The van der Waals surface area contributed by atoms with Gasteiger partial charge in [0.2, 0.25) is 0 Å². The van der Waals surface area contributed by atoms with Crippen molar-refractivity contribution in [1.82, 2.24) is 29.9 Å². The Hall–Kier alpha value is -3.42. The first-order valence-electron chi connectivity index (χ1n) is 10.4. The molecule has 2 atom stereocenters. The van der Waals surface area contributed by atoms with Crippen LogP contribution >= 0.6 is 0 Å². The molecule has 0 saturated carbocycles. The van der Waals surface area contributed by atoms with Crippen molar-refractivity contribution in [2.45, 2.75) is 27.2 Å². The number of amides is 1. The number of nitrogens with zero attached hydrogens (tertiary/aromatic N) is 6. The van der Waals surface area contributed by atoms with E-state index in [0.717, 1.165) is 17.6 Å². The topological polar surface area (TPSA) is 76.8 Å². The van der Waals surface area contributed by atoms with Gasteiger partial charge in [0.05, 0.1) is 35.0 Å². The van der Waals surface area contributed by atoms with Crippen molar-refractivity contribution in [3.63, 3.8) is 0 Å². The number of halogens is 1. The zero-order valence-corrected chi connectivity index (χ0v) is 17.7. The molecule has 2 unspecified atom stereocenters. The van der Waals surface area contributed by atoms with Crippen molar-refractivity contribution < 1.29 is 9.18 Å². The van der Waals surface area contributed by atoms with E-state index in [0.29, 0.717) is 47.5 Å². The monoisotopic (exact) mass is 418 g/mol. The van der Waals surface area contributed by atoms with Gasteiger partial charge in [0.1, 0.15) is 0 Å². The van der Waals surface area contributed by atoms with Crippen LogP contribution in [0.2, 0.25) is 0 Å². The number of aromatic nitrogens is 5. The van der Waals surface area contributed by atoms with Gasteiger partial charge in [-0.3, -0.25) is 4.79 Å². The largest absolute Gasteiger partial charge is 0.338 e. The normalized spacial score (nSPS) is 20.1. The number of benzene rings is 1. The standard InChI is InChI=1S/C23H23FN6O/c1-13-4-5-20(30-25-6-7-26-30)19(8-13)23(31)29-11-17-9-16(10-18(17)12-29)22-27-14(2)21(24)15(3)28-22/h4-9,17-18H,10-12H2,1-3H3. The fourth-order valence-electron chi connectivity index (χ4n) is 4.59. The molecule has 1 aliphatic carbocycles. The minimum atomic E-state index is -0.347. The molecule has 158 valence electrons. The summed E-state index contributed by atoms with van der Waals surface area (Å²) in [6.07, 6.45) is 6.15. The van der Waals surface area contributed by atoms with Gasteiger partial charge in [0.15, 0.2) is 11.6 Å². The highest BCUT2D eigenvalue weighted by Gasteiger charge is 2.39. The van der Waals surface area contributed by atoms with Crippen molar-refractivity contribution >= 4 is 11.5 Å². The minimum absolute atomic E-state index is 0.00919. The second-order valence-electron chi connectivity index (χ2n) is 8.40. The summed E-state index contributed by atoms with van der Waals surface area (Å²) in [5, 5.41) is 8.38. The molecule has 1 aromatic carbocycles. The van der Waals surface area contributed by atoms with E-state index in [1.165, 1.54) is 4.80 Å². The summed E-state index contributed by atoms with van der Waals surface area (Å²) in [6, 6.07) is 5.73. The van der Waals surface area contributed by atoms with Crippen molar-refractivity contribution in [3.8, 4) is 5.69 Å². The summed E-state index contributed by atoms with van der Waals surface area (Å²) in [7, 11) is 0. The van der Waals surface area contributed by atoms with E-state index in [2.05, 4.69) is 26.2 Å². The van der Waals surface area contributed by atoms with Gasteiger partial charge in [0.25, 0.3) is 5.91 Å². The highest BCUT2D eigenvalue weighted by atomic mass is 19.1. The molecule has 0 radical (unpaired) electrons. The maximum atomic E-state index is 13.9. The maximum Gasteiger partial charge on any atom is 0.256 e. The van der Waals surface area contributed by atoms with Crippen LogP contribution in [0.4, 0.5) is 4.39 Å². The Morgan fingerprint density at radius 1 is 1.06 bits per heavy atom. The molecular weight excluding hydrogens is 395 g/mol. The van der Waals surface area contributed by atoms with Crippen molar-refractivity contribution in [2.24, 2.45) is 11.8 Å². The third kappa shape index (κ3) is 3.41. The van der Waals surface area contributed by atoms with Crippen LogP contribution < -0.4 is 0 Å². The van der Waals surface area contributed by atoms with E-state index in [-0.39, 0.29) is 17.6 Å². The number of hydrogen-bond acceptors (Lipinski definition) is 5. The van der Waals surface area contributed by atoms with Gasteiger partial charge in [-0.25, -0.2) is 14.4 Å². The van der Waals surface area contributed by atoms with Crippen LogP contribution in [0, 0.1) is 38.4 Å². The zero-order valence-electron chi connectivity index (χ0n) is 17.7. The summed E-state index contributed by atoms with van der Waals surface area (Å²) < 4.78 is 13.9. The SMILES string of the molecule is Cc1ccc(-n2nccn2)c(C(=O)N2CC3C=C(c4nc(C)c(F)c(C)n4)CC3C2)c1. The fourth-order valence-corrected chi connectivity index (χ4v) is 4.59. The predicted molar refractivity (Wildman–Crippen MR) is 113 cm³/mol. The smallest absolute Gasteiger partial charge is 0.256 e. The zero-order chi connectivity index (χ0) is 21.7. The second-order valence-corrected chi connectivity index (χ2v) is 8.40. The first-order chi connectivity index (χ1) is 14.9. The molecule has 31 heavy (non-hydrogen) atoms. The molecule has 0 spiro atoms. The lowest BCUT2D eigenvalue weighted by Gasteiger charge is -2.19. The third-order valence-corrected chi connectivity index (χ3v) is 6.16. The predicted octanol–water partition coefficient (Wildman–Crippen LogP) is 3.30. The maximum absolute atomic E-state index is 13.9. The van der Waals surface area contributed by atoms with Gasteiger partial charge < -0.3 is 4.90 Å². The lowest BCUT2D eigenvalue weighted by Crippen LogP contribution is -2.30. The molecule has 2 aliphatic rings. The molecule has 3 heterocycles. The molecule has 5 rings (SSSR count). The number of allylic oxidation sites excluding steroid dienone is 1. The van der Waals surface area contributed by atoms with Crippen LogP contribution in [0.1, 0.15) is 39.6 Å². The molecule has 3 aromatic rings. The first kappa shape index (κ1) is 19.5. The second kappa shape index (κ2) is 7.37. The van der Waals surface area contributed by atoms with Gasteiger partial charge in [-0.1, -0.05) is 17.7 Å². The van der Waals surface area contributed by atoms with Crippen LogP contribution in [0.5, 0.6) is 0 Å². The Labute approximate surface area is 179 Å². The highest BCUT2D eigenvalue weighted by Crippen LogP contribution is 2.40. The molecule has 7 nitrogen and oxygen atoms in total. The molecule has 0 N–H and O–H groups in total. The average molecular weight is 418 g/mol. The molecule has 2 aromatic heterocycles. The molecule has 1 amide bonds. The first-order valence-corrected chi connectivity index (χ1v) is 10.4. The molecule has 1 saturated heterocycles. The van der Waals surface area contributed by atoms with E-state index in [1.807, 2.05) is 30.0 Å². The van der Waals surface area contributed by atoms with E-state index < -0.39 is 0 Å². The number of rotatable bonds is 3. The number of aryl methyl sites for hydroxylation is 3. The molecule has 8 heteroatoms. The Morgan fingerprint density at radius 2 is 1.77 bits per heavy atom. The van der Waals surface area contributed by atoms with Crippen LogP contribution in [-0.2, 0) is 0 Å². The van der Waals surface area contributed by atoms with Gasteiger partial charge in [0, 0.05) is 13.1 Å². The van der Waals surface area contributed by atoms with E-state index in [1.54, 1.807) is 26.2 Å². The summed E-state index contributed by atoms with van der Waals surface area (Å²) in [6.45, 7) is 6.61. The quantitative estimate of drug-likeness (QED) is 0.652. The number of fused-ring (bicyclic) bond motifs is 1. The Bertz CT molecular complexity index is 1180. The number of hydrogen-bond donors (Lipinski definition) is 0. The van der Waals surface area contributed by atoms with Gasteiger partial charge >= 0.3 is 0 Å². The van der Waals surface area contributed by atoms with E-state index in [4.69, 9.17) is 0 Å². The Kier molecular flexibility index (Phi) is 4.64. The fraction of sp³-hybridized carbons (Fsp3) is 0.348. The van der Waals surface area contributed by atoms with Crippen molar-refractivity contribution in [1.29, 1.82) is 0 Å². The molecule has 0 bridgehead atoms. The van der Waals surface area contributed by atoms with Crippen LogP contribution in [-0.4, -0.2) is 48.9 Å². The number of carbonyl (C=O) groups is 1. The average Bonchev–Trinajstić information content (AvgIpc) is 3.47. The summed E-state index contributed by atoms with van der Waals surface area (Å²) >= 11 is 0. The number of likely N-dealkylation sites (tertiary alicyclic amines) is 1. The third-order valence-electron chi connectivity index (χ3n) is 6.16. The molecular formula is C23H23FN6O. The van der Waals surface area contributed by atoms with Crippen LogP contribution in [0.3, 0.4) is 0 Å². The Morgan fingerprint density at radius 3 is 2.45 bits per heavy atom. The van der Waals surface area contributed by atoms with Gasteiger partial charge in [-0.2, -0.15) is 15.0 Å². The number of carbonyl (C=O) groups excluding carboxylic acids is 1. The highest BCUT2D eigenvalue weighted by molar-refractivity contribution is 5.98. The lowest BCUT2D eigenvalue weighted by molar-refractivity contribution is 0.0784. The minimum Gasteiger partial charge on any atom is -0.338 e. The van der Waals surface area contributed by atoms with Crippen LogP contribution in [0.15, 0.2) is 36.7 Å². The lowest BCUT2D eigenvalue weighted by atomic mass is 10.00. The van der Waals surface area contributed by atoms with Crippen molar-refractivity contribution in [3.05, 3.63) is 70.8 Å². The van der Waals surface area contributed by atoms with Gasteiger partial charge in [-0.15, -0.1) is 0 Å². The summed E-state index contributed by atoms with van der Waals surface area (Å²) in [5.41, 5.74) is 4.09.